The second-order valence-electron chi connectivity index (χ2n) is 7.18. The molecule has 0 saturated carbocycles. The van der Waals surface area contributed by atoms with Gasteiger partial charge in [-0.15, -0.1) is 0 Å². The Morgan fingerprint density at radius 2 is 1.72 bits per heavy atom. The molecule has 4 aromatic rings. The van der Waals surface area contributed by atoms with Crippen molar-refractivity contribution in [2.45, 2.75) is 13.5 Å². The number of pyridine rings is 1. The second-order valence-corrected chi connectivity index (χ2v) is 7.18. The van der Waals surface area contributed by atoms with E-state index in [1.54, 1.807) is 6.07 Å². The minimum absolute atomic E-state index is 0.390. The Labute approximate surface area is 186 Å². The first-order chi connectivity index (χ1) is 15.6. The molecule has 4 rings (SSSR count). The van der Waals surface area contributed by atoms with Gasteiger partial charge in [-0.2, -0.15) is 0 Å². The number of para-hydroxylation sites is 1. The second kappa shape index (κ2) is 9.79. The van der Waals surface area contributed by atoms with Crippen LogP contribution in [0.15, 0.2) is 78.9 Å². The zero-order valence-corrected chi connectivity index (χ0v) is 17.9. The molecule has 0 bridgehead atoms. The van der Waals surface area contributed by atoms with Gasteiger partial charge in [0, 0.05) is 12.3 Å². The maximum atomic E-state index is 11.2. The first kappa shape index (κ1) is 21.1. The summed E-state index contributed by atoms with van der Waals surface area (Å²) in [6.07, 6.45) is 3.86. The summed E-state index contributed by atoms with van der Waals surface area (Å²) >= 11 is 0. The number of aromatic nitrogens is 1. The van der Waals surface area contributed by atoms with Crippen LogP contribution in [0.3, 0.4) is 0 Å². The summed E-state index contributed by atoms with van der Waals surface area (Å²) in [5.74, 6) is 1.23. The molecular weight excluding hydrogens is 402 g/mol. The highest BCUT2D eigenvalue weighted by molar-refractivity contribution is 5.86. The molecule has 0 radical (unpaired) electrons. The lowest BCUT2D eigenvalue weighted by Crippen LogP contribution is -2.02. The molecule has 32 heavy (non-hydrogen) atoms. The molecule has 0 atom stereocenters. The lowest BCUT2D eigenvalue weighted by molar-refractivity contribution is -0.132. The van der Waals surface area contributed by atoms with Crippen molar-refractivity contribution >= 4 is 29.0 Å². The predicted molar refractivity (Wildman–Crippen MR) is 126 cm³/mol. The fourth-order valence-electron chi connectivity index (χ4n) is 3.29. The normalized spacial score (nSPS) is 10.9. The molecule has 0 aliphatic carbocycles. The average molecular weight is 425 g/mol. The van der Waals surface area contributed by atoms with Crippen molar-refractivity contribution < 1.29 is 19.0 Å². The number of carbonyl (C=O) groups excluding carboxylic acids is 1. The first-order valence-corrected chi connectivity index (χ1v) is 10.2. The van der Waals surface area contributed by atoms with Gasteiger partial charge in [0.05, 0.1) is 12.8 Å². The maximum absolute atomic E-state index is 11.2. The van der Waals surface area contributed by atoms with E-state index < -0.39 is 5.97 Å². The van der Waals surface area contributed by atoms with Crippen LogP contribution < -0.4 is 14.2 Å². The summed E-state index contributed by atoms with van der Waals surface area (Å²) in [6.45, 7) is 1.84. The first-order valence-electron chi connectivity index (χ1n) is 10.2. The highest BCUT2D eigenvalue weighted by Crippen LogP contribution is 2.29. The summed E-state index contributed by atoms with van der Waals surface area (Å²) in [7, 11) is 1.54. The summed E-state index contributed by atoms with van der Waals surface area (Å²) in [5, 5.41) is 1.01. The van der Waals surface area contributed by atoms with Crippen LogP contribution in [-0.2, 0) is 11.4 Å². The van der Waals surface area contributed by atoms with Gasteiger partial charge in [0.25, 0.3) is 0 Å². The molecule has 3 aromatic carbocycles. The van der Waals surface area contributed by atoms with Crippen LogP contribution in [0.2, 0.25) is 0 Å². The van der Waals surface area contributed by atoms with E-state index >= 15 is 0 Å². The molecule has 0 saturated heterocycles. The van der Waals surface area contributed by atoms with Crippen LogP contribution in [0.4, 0.5) is 0 Å². The minimum atomic E-state index is -0.391. The van der Waals surface area contributed by atoms with Crippen molar-refractivity contribution in [3.05, 3.63) is 95.7 Å². The van der Waals surface area contributed by atoms with Crippen molar-refractivity contribution in [3.8, 4) is 17.2 Å². The largest absolute Gasteiger partial charge is 0.493 e. The Hall–Kier alpha value is -4.12. The molecular formula is C27H23NO4. The van der Waals surface area contributed by atoms with Crippen molar-refractivity contribution in [2.24, 2.45) is 0 Å². The molecule has 1 aromatic heterocycles. The number of ether oxygens (including phenoxy) is 3. The van der Waals surface area contributed by atoms with E-state index in [-0.39, 0.29) is 0 Å². The Morgan fingerprint density at radius 1 is 0.875 bits per heavy atom. The van der Waals surface area contributed by atoms with Crippen LogP contribution in [-0.4, -0.2) is 18.1 Å². The van der Waals surface area contributed by atoms with Gasteiger partial charge in [0.2, 0.25) is 0 Å². The Kier molecular flexibility index (Phi) is 6.46. The van der Waals surface area contributed by atoms with Crippen molar-refractivity contribution in [1.82, 2.24) is 4.98 Å². The lowest BCUT2D eigenvalue weighted by Gasteiger charge is -2.10. The van der Waals surface area contributed by atoms with Crippen LogP contribution >= 0.6 is 0 Å². The number of hydrogen-bond donors (Lipinski definition) is 0. The van der Waals surface area contributed by atoms with Gasteiger partial charge < -0.3 is 14.2 Å². The van der Waals surface area contributed by atoms with Gasteiger partial charge in [-0.05, 0) is 41.5 Å². The van der Waals surface area contributed by atoms with Gasteiger partial charge in [0.1, 0.15) is 17.9 Å². The van der Waals surface area contributed by atoms with Crippen LogP contribution in [0, 0.1) is 0 Å². The quantitative estimate of drug-likeness (QED) is 0.272. The number of benzene rings is 3. The summed E-state index contributed by atoms with van der Waals surface area (Å²) in [5.41, 5.74) is 3.62. The van der Waals surface area contributed by atoms with Crippen LogP contribution in [0.25, 0.3) is 23.1 Å². The van der Waals surface area contributed by atoms with E-state index in [0.29, 0.717) is 18.1 Å². The third-order valence-electron chi connectivity index (χ3n) is 4.83. The molecule has 0 fully saturated rings. The fourth-order valence-corrected chi connectivity index (χ4v) is 3.29. The molecule has 1 heterocycles. The predicted octanol–water partition coefficient (Wildman–Crippen LogP) is 5.92. The number of esters is 1. The van der Waals surface area contributed by atoms with Gasteiger partial charge in [0.15, 0.2) is 11.5 Å². The van der Waals surface area contributed by atoms with Crippen LogP contribution in [0.5, 0.6) is 17.2 Å². The number of methoxy groups -OCH3 is 1. The van der Waals surface area contributed by atoms with E-state index in [1.807, 2.05) is 84.9 Å². The number of hydrogen-bond acceptors (Lipinski definition) is 5. The molecule has 0 unspecified atom stereocenters. The van der Waals surface area contributed by atoms with Crippen molar-refractivity contribution in [1.29, 1.82) is 0 Å². The van der Waals surface area contributed by atoms with E-state index in [0.717, 1.165) is 33.5 Å². The van der Waals surface area contributed by atoms with E-state index in [2.05, 4.69) is 0 Å². The molecule has 0 aliphatic rings. The number of rotatable bonds is 7. The molecule has 5 nitrogen and oxygen atoms in total. The maximum Gasteiger partial charge on any atom is 0.308 e. The van der Waals surface area contributed by atoms with Crippen molar-refractivity contribution in [2.75, 3.05) is 7.11 Å². The molecule has 5 heteroatoms. The van der Waals surface area contributed by atoms with Gasteiger partial charge in [-0.1, -0.05) is 60.7 Å². The molecule has 0 N–H and O–H groups in total. The third-order valence-corrected chi connectivity index (χ3v) is 4.83. The van der Waals surface area contributed by atoms with E-state index in [1.165, 1.54) is 14.0 Å². The monoisotopic (exact) mass is 425 g/mol. The van der Waals surface area contributed by atoms with Crippen LogP contribution in [0.1, 0.15) is 23.7 Å². The smallest absolute Gasteiger partial charge is 0.308 e. The SMILES string of the molecule is COc1cc(/C=C/c2ccc3cccc(OCc4ccccc4)c3n2)ccc1OC(C)=O. The summed E-state index contributed by atoms with van der Waals surface area (Å²) in [6, 6.07) is 25.3. The molecule has 0 aliphatic heterocycles. The number of nitrogens with zero attached hydrogens (tertiary/aromatic N) is 1. The van der Waals surface area contributed by atoms with Crippen molar-refractivity contribution in [3.63, 3.8) is 0 Å². The summed E-state index contributed by atoms with van der Waals surface area (Å²) in [4.78, 5) is 16.0. The number of carbonyl (C=O) groups is 1. The van der Waals surface area contributed by atoms with E-state index in [9.17, 15) is 4.79 Å². The topological polar surface area (TPSA) is 57.6 Å². The Bertz CT molecular complexity index is 1270. The Balaban J connectivity index is 1.57. The standard InChI is InChI=1S/C27H23NO4/c1-19(29)32-24-16-12-20(17-26(24)30-2)11-14-23-15-13-22-9-6-10-25(27(22)28-23)31-18-21-7-4-3-5-8-21/h3-17H,18H2,1-2H3/b14-11+. The Morgan fingerprint density at radius 3 is 2.50 bits per heavy atom. The fraction of sp³-hybridized carbons (Fsp3) is 0.111. The third kappa shape index (κ3) is 5.13. The molecule has 0 amide bonds. The van der Waals surface area contributed by atoms with Gasteiger partial charge >= 0.3 is 5.97 Å². The van der Waals surface area contributed by atoms with E-state index in [4.69, 9.17) is 19.2 Å². The summed E-state index contributed by atoms with van der Waals surface area (Å²) < 4.78 is 16.5. The molecule has 0 spiro atoms. The lowest BCUT2D eigenvalue weighted by atomic mass is 10.1. The zero-order valence-electron chi connectivity index (χ0n) is 17.9. The zero-order chi connectivity index (χ0) is 22.3. The number of fused-ring (bicyclic) bond motifs is 1. The minimum Gasteiger partial charge on any atom is -0.493 e. The molecule has 160 valence electrons. The highest BCUT2D eigenvalue weighted by atomic mass is 16.6. The van der Waals surface area contributed by atoms with Gasteiger partial charge in [-0.25, -0.2) is 4.98 Å². The highest BCUT2D eigenvalue weighted by Gasteiger charge is 2.08. The van der Waals surface area contributed by atoms with Gasteiger partial charge in [-0.3, -0.25) is 4.79 Å². The average Bonchev–Trinajstić information content (AvgIpc) is 2.82.